The minimum Gasteiger partial charge on any atom is -0.366 e. The van der Waals surface area contributed by atoms with Crippen LogP contribution < -0.4 is 4.90 Å². The SMILES string of the molecule is Cc1ccc(N2C(=O)C(c3cccs3)=C(N3CCCC(C)C3)C2=O)cc1C. The van der Waals surface area contributed by atoms with Gasteiger partial charge >= 0.3 is 0 Å². The second kappa shape index (κ2) is 6.97. The number of rotatable bonds is 3. The third-order valence-corrected chi connectivity index (χ3v) is 6.44. The summed E-state index contributed by atoms with van der Waals surface area (Å²) in [6.07, 6.45) is 2.22. The van der Waals surface area contributed by atoms with Crippen LogP contribution >= 0.6 is 11.3 Å². The number of hydrogen-bond acceptors (Lipinski definition) is 4. The number of hydrogen-bond donors (Lipinski definition) is 0. The van der Waals surface area contributed by atoms with Crippen LogP contribution in [0, 0.1) is 19.8 Å². The predicted molar refractivity (Wildman–Crippen MR) is 110 cm³/mol. The maximum atomic E-state index is 13.4. The van der Waals surface area contributed by atoms with Gasteiger partial charge in [0.2, 0.25) is 0 Å². The number of likely N-dealkylation sites (tertiary alicyclic amines) is 1. The van der Waals surface area contributed by atoms with Crippen molar-refractivity contribution in [3.8, 4) is 0 Å². The number of aryl methyl sites for hydroxylation is 2. The van der Waals surface area contributed by atoms with E-state index in [1.807, 2.05) is 49.6 Å². The highest BCUT2D eigenvalue weighted by atomic mass is 32.1. The molecule has 1 aromatic heterocycles. The number of benzene rings is 1. The predicted octanol–water partition coefficient (Wildman–Crippen LogP) is 4.38. The Labute approximate surface area is 164 Å². The van der Waals surface area contributed by atoms with Crippen LogP contribution in [0.25, 0.3) is 5.57 Å². The Bertz CT molecular complexity index is 930. The zero-order chi connectivity index (χ0) is 19.1. The van der Waals surface area contributed by atoms with Crippen LogP contribution in [-0.4, -0.2) is 29.8 Å². The van der Waals surface area contributed by atoms with Gasteiger partial charge in [-0.15, -0.1) is 11.3 Å². The normalized spacial score (nSPS) is 20.8. The second-order valence-electron chi connectivity index (χ2n) is 7.61. The van der Waals surface area contributed by atoms with Gasteiger partial charge < -0.3 is 4.90 Å². The fourth-order valence-electron chi connectivity index (χ4n) is 3.95. The molecule has 1 aromatic carbocycles. The molecule has 4 rings (SSSR count). The van der Waals surface area contributed by atoms with Crippen molar-refractivity contribution < 1.29 is 9.59 Å². The lowest BCUT2D eigenvalue weighted by molar-refractivity contribution is -0.120. The van der Waals surface area contributed by atoms with E-state index in [0.717, 1.165) is 35.5 Å². The number of imide groups is 1. The number of piperidine rings is 1. The van der Waals surface area contributed by atoms with E-state index in [0.29, 0.717) is 22.9 Å². The molecule has 0 radical (unpaired) electrons. The Kier molecular flexibility index (Phi) is 4.64. The lowest BCUT2D eigenvalue weighted by atomic mass is 9.99. The maximum absolute atomic E-state index is 13.4. The molecule has 2 aliphatic rings. The van der Waals surface area contributed by atoms with E-state index in [2.05, 4.69) is 11.8 Å². The van der Waals surface area contributed by atoms with Gasteiger partial charge in [-0.3, -0.25) is 9.59 Å². The Morgan fingerprint density at radius 2 is 1.89 bits per heavy atom. The van der Waals surface area contributed by atoms with Gasteiger partial charge in [-0.25, -0.2) is 4.90 Å². The van der Waals surface area contributed by atoms with Crippen molar-refractivity contribution in [1.29, 1.82) is 0 Å². The number of nitrogens with zero attached hydrogens (tertiary/aromatic N) is 2. The quantitative estimate of drug-likeness (QED) is 0.742. The fourth-order valence-corrected chi connectivity index (χ4v) is 4.71. The molecule has 0 spiro atoms. The van der Waals surface area contributed by atoms with Crippen molar-refractivity contribution in [2.24, 2.45) is 5.92 Å². The molecule has 27 heavy (non-hydrogen) atoms. The monoisotopic (exact) mass is 380 g/mol. The van der Waals surface area contributed by atoms with Gasteiger partial charge in [-0.2, -0.15) is 0 Å². The van der Waals surface area contributed by atoms with Gasteiger partial charge in [0.1, 0.15) is 5.70 Å². The number of thiophene rings is 1. The average Bonchev–Trinajstić information content (AvgIpc) is 3.24. The molecule has 5 heteroatoms. The molecule has 2 aliphatic heterocycles. The van der Waals surface area contributed by atoms with E-state index in [9.17, 15) is 9.59 Å². The number of amides is 2. The van der Waals surface area contributed by atoms with Crippen molar-refractivity contribution in [1.82, 2.24) is 4.90 Å². The first-order valence-electron chi connectivity index (χ1n) is 9.46. The third-order valence-electron chi connectivity index (χ3n) is 5.55. The van der Waals surface area contributed by atoms with Gasteiger partial charge in [0.15, 0.2) is 0 Å². The molecule has 0 N–H and O–H groups in total. The van der Waals surface area contributed by atoms with Crippen LogP contribution in [0.3, 0.4) is 0 Å². The maximum Gasteiger partial charge on any atom is 0.282 e. The Balaban J connectivity index is 1.80. The molecule has 1 unspecified atom stereocenters. The topological polar surface area (TPSA) is 40.6 Å². The van der Waals surface area contributed by atoms with E-state index < -0.39 is 0 Å². The highest BCUT2D eigenvalue weighted by Crippen LogP contribution is 2.38. The number of anilines is 1. The zero-order valence-electron chi connectivity index (χ0n) is 16.0. The third kappa shape index (κ3) is 3.10. The van der Waals surface area contributed by atoms with Gasteiger partial charge in [0.05, 0.1) is 11.3 Å². The summed E-state index contributed by atoms with van der Waals surface area (Å²) in [5.74, 6) is 0.120. The number of carbonyl (C=O) groups excluding carboxylic acids is 2. The van der Waals surface area contributed by atoms with E-state index in [-0.39, 0.29) is 11.8 Å². The van der Waals surface area contributed by atoms with Gasteiger partial charge in [-0.05, 0) is 67.3 Å². The molecular weight excluding hydrogens is 356 g/mol. The smallest absolute Gasteiger partial charge is 0.282 e. The van der Waals surface area contributed by atoms with Crippen molar-refractivity contribution in [2.75, 3.05) is 18.0 Å². The lowest BCUT2D eigenvalue weighted by Gasteiger charge is -2.33. The molecule has 2 aromatic rings. The van der Waals surface area contributed by atoms with Gasteiger partial charge in [0, 0.05) is 18.0 Å². The molecular formula is C22H24N2O2S. The van der Waals surface area contributed by atoms with Gasteiger partial charge in [0.25, 0.3) is 11.8 Å². The standard InChI is InChI=1S/C22H24N2O2S/c1-14-6-4-10-23(13-14)20-19(18-7-5-11-27-18)21(25)24(22(20)26)17-9-8-15(2)16(3)12-17/h5,7-9,11-12,14H,4,6,10,13H2,1-3H3. The Morgan fingerprint density at radius 3 is 2.56 bits per heavy atom. The second-order valence-corrected chi connectivity index (χ2v) is 8.56. The lowest BCUT2D eigenvalue weighted by Crippen LogP contribution is -2.39. The highest BCUT2D eigenvalue weighted by Gasteiger charge is 2.43. The van der Waals surface area contributed by atoms with Gasteiger partial charge in [-0.1, -0.05) is 19.1 Å². The molecule has 3 heterocycles. The molecule has 0 aliphatic carbocycles. The van der Waals surface area contributed by atoms with Crippen molar-refractivity contribution in [2.45, 2.75) is 33.6 Å². The molecule has 140 valence electrons. The van der Waals surface area contributed by atoms with Crippen LogP contribution in [-0.2, 0) is 9.59 Å². The molecule has 1 atom stereocenters. The molecule has 4 nitrogen and oxygen atoms in total. The van der Waals surface area contributed by atoms with Crippen LogP contribution in [0.4, 0.5) is 5.69 Å². The van der Waals surface area contributed by atoms with E-state index in [1.165, 1.54) is 22.7 Å². The molecule has 2 amide bonds. The van der Waals surface area contributed by atoms with E-state index in [4.69, 9.17) is 0 Å². The first kappa shape index (κ1) is 18.0. The summed E-state index contributed by atoms with van der Waals surface area (Å²) in [7, 11) is 0. The number of carbonyl (C=O) groups is 2. The largest absolute Gasteiger partial charge is 0.366 e. The van der Waals surface area contributed by atoms with Crippen LogP contribution in [0.2, 0.25) is 0 Å². The summed E-state index contributed by atoms with van der Waals surface area (Å²) in [4.78, 5) is 31.2. The summed E-state index contributed by atoms with van der Waals surface area (Å²) in [5, 5.41) is 1.95. The molecule has 0 saturated carbocycles. The fraction of sp³-hybridized carbons (Fsp3) is 0.364. The zero-order valence-corrected chi connectivity index (χ0v) is 16.8. The summed E-state index contributed by atoms with van der Waals surface area (Å²) in [6, 6.07) is 9.63. The van der Waals surface area contributed by atoms with Crippen LogP contribution in [0.1, 0.15) is 35.8 Å². The van der Waals surface area contributed by atoms with Crippen LogP contribution in [0.5, 0.6) is 0 Å². The average molecular weight is 381 g/mol. The molecule has 1 fully saturated rings. The Morgan fingerprint density at radius 1 is 1.07 bits per heavy atom. The molecule has 0 bridgehead atoms. The van der Waals surface area contributed by atoms with Crippen molar-refractivity contribution in [3.63, 3.8) is 0 Å². The van der Waals surface area contributed by atoms with Crippen molar-refractivity contribution in [3.05, 3.63) is 57.4 Å². The first-order chi connectivity index (χ1) is 13.0. The highest BCUT2D eigenvalue weighted by molar-refractivity contribution is 7.11. The molecule has 1 saturated heterocycles. The van der Waals surface area contributed by atoms with Crippen LogP contribution in [0.15, 0.2) is 41.4 Å². The summed E-state index contributed by atoms with van der Waals surface area (Å²) >= 11 is 1.51. The summed E-state index contributed by atoms with van der Waals surface area (Å²) in [5.41, 5.74) is 4.01. The Hall–Kier alpha value is -2.40. The van der Waals surface area contributed by atoms with E-state index in [1.54, 1.807) is 0 Å². The minimum absolute atomic E-state index is 0.194. The summed E-state index contributed by atoms with van der Waals surface area (Å²) < 4.78 is 0. The minimum atomic E-state index is -0.209. The van der Waals surface area contributed by atoms with Crippen molar-refractivity contribution >= 4 is 34.4 Å². The first-order valence-corrected chi connectivity index (χ1v) is 10.3. The summed E-state index contributed by atoms with van der Waals surface area (Å²) in [6.45, 7) is 7.89. The van der Waals surface area contributed by atoms with E-state index >= 15 is 0 Å².